The van der Waals surface area contributed by atoms with Crippen molar-refractivity contribution in [2.24, 2.45) is 5.73 Å². The first-order chi connectivity index (χ1) is 9.97. The van der Waals surface area contributed by atoms with E-state index in [4.69, 9.17) is 5.73 Å². The molecule has 0 fully saturated rings. The monoisotopic (exact) mass is 293 g/mol. The molecule has 0 aromatic heterocycles. The molecule has 0 amide bonds. The molecule has 0 spiro atoms. The van der Waals surface area contributed by atoms with Crippen LogP contribution in [0, 0.1) is 11.6 Å². The van der Waals surface area contributed by atoms with Crippen molar-refractivity contribution < 1.29 is 13.9 Å². The second-order valence-corrected chi connectivity index (χ2v) is 4.79. The van der Waals surface area contributed by atoms with E-state index < -0.39 is 17.2 Å². The van der Waals surface area contributed by atoms with Crippen LogP contribution in [-0.2, 0) is 5.60 Å². The molecule has 2 aromatic carbocycles. The third-order valence-electron chi connectivity index (χ3n) is 2.94. The molecular weight excluding hydrogens is 272 g/mol. The van der Waals surface area contributed by atoms with Crippen molar-refractivity contribution in [1.82, 2.24) is 0 Å². The van der Waals surface area contributed by atoms with E-state index in [0.717, 1.165) is 0 Å². The molecule has 0 radical (unpaired) electrons. The van der Waals surface area contributed by atoms with Gasteiger partial charge in [0.25, 0.3) is 0 Å². The van der Waals surface area contributed by atoms with Gasteiger partial charge in [-0.2, -0.15) is 0 Å². The van der Waals surface area contributed by atoms with Gasteiger partial charge in [-0.05, 0) is 35.4 Å². The Morgan fingerprint density at radius 1 is 0.857 bits per heavy atom. The number of aliphatic hydroxyl groups is 1. The number of benzene rings is 2. The normalized spacial score (nSPS) is 10.8. The number of nitrogens with two attached hydrogens (primary N) is 1. The molecule has 0 saturated heterocycles. The maximum absolute atomic E-state index is 12.9. The summed E-state index contributed by atoms with van der Waals surface area (Å²) < 4.78 is 25.7. The lowest BCUT2D eigenvalue weighted by atomic mass is 9.86. The Morgan fingerprint density at radius 3 is 1.38 bits per heavy atom. The number of hydrogen-bond acceptors (Lipinski definition) is 2. The highest BCUT2D eigenvalue weighted by Crippen LogP contribution is 2.28. The lowest BCUT2D eigenvalue weighted by Crippen LogP contribution is -2.36. The maximum Gasteiger partial charge on any atom is 0.127 e. The van der Waals surface area contributed by atoms with Crippen LogP contribution in [0.5, 0.6) is 0 Å². The highest BCUT2D eigenvalue weighted by molar-refractivity contribution is 5.36. The van der Waals surface area contributed by atoms with Gasteiger partial charge in [-0.3, -0.25) is 0 Å². The topological polar surface area (TPSA) is 46.2 Å². The minimum absolute atomic E-state index is 0.0791. The van der Waals surface area contributed by atoms with E-state index in [9.17, 15) is 13.9 Å². The summed E-state index contributed by atoms with van der Waals surface area (Å²) in [4.78, 5) is 0. The van der Waals surface area contributed by atoms with Gasteiger partial charge in [0.1, 0.15) is 17.2 Å². The summed E-state index contributed by atoms with van der Waals surface area (Å²) in [7, 11) is 0. The molecule has 0 atom stereocenters. The van der Waals surface area contributed by atoms with Gasteiger partial charge in [0, 0.05) is 6.54 Å². The minimum Gasteiger partial charge on any atom is -0.379 e. The van der Waals surface area contributed by atoms with Crippen LogP contribution in [0.3, 0.4) is 0 Å². The van der Waals surface area contributed by atoms with Crippen LogP contribution in [0.2, 0.25) is 0 Å². The van der Waals surface area contributed by atoms with E-state index in [1.54, 1.807) is 0 Å². The van der Waals surface area contributed by atoms with Crippen LogP contribution in [0.1, 0.15) is 31.4 Å². The fourth-order valence-electron chi connectivity index (χ4n) is 1.85. The summed E-state index contributed by atoms with van der Waals surface area (Å²) >= 11 is 0. The van der Waals surface area contributed by atoms with Crippen molar-refractivity contribution in [2.75, 3.05) is 6.54 Å². The molecule has 4 heteroatoms. The van der Waals surface area contributed by atoms with E-state index in [1.807, 2.05) is 0 Å². The van der Waals surface area contributed by atoms with Gasteiger partial charge in [-0.1, -0.05) is 44.5 Å². The molecule has 0 heterocycles. The maximum atomic E-state index is 12.9. The molecule has 0 aliphatic carbocycles. The summed E-state index contributed by atoms with van der Waals surface area (Å²) in [5, 5.41) is 10.6. The second kappa shape index (κ2) is 7.86. The second-order valence-electron chi connectivity index (χ2n) is 4.79. The van der Waals surface area contributed by atoms with Crippen molar-refractivity contribution in [3.05, 3.63) is 71.3 Å². The largest absolute Gasteiger partial charge is 0.379 e. The third kappa shape index (κ3) is 4.34. The number of rotatable bonds is 3. The molecule has 114 valence electrons. The summed E-state index contributed by atoms with van der Waals surface area (Å²) in [5.41, 5.74) is 5.11. The first-order valence-corrected chi connectivity index (χ1v) is 6.92. The lowest BCUT2D eigenvalue weighted by molar-refractivity contribution is 0.0901. The zero-order valence-electron chi connectivity index (χ0n) is 12.3. The Balaban J connectivity index is 0.000000677. The third-order valence-corrected chi connectivity index (χ3v) is 2.94. The van der Waals surface area contributed by atoms with Gasteiger partial charge in [-0.15, -0.1) is 0 Å². The Hall–Kier alpha value is -1.78. The summed E-state index contributed by atoms with van der Waals surface area (Å²) in [6.45, 7) is 4.17. The summed E-state index contributed by atoms with van der Waals surface area (Å²) in [5.74, 6) is -0.783. The molecule has 0 aliphatic heterocycles. The quantitative estimate of drug-likeness (QED) is 0.908. The fourth-order valence-corrected chi connectivity index (χ4v) is 1.85. The first kappa shape index (κ1) is 17.3. The molecule has 2 rings (SSSR count). The lowest BCUT2D eigenvalue weighted by Gasteiger charge is -2.27. The molecule has 21 heavy (non-hydrogen) atoms. The fraction of sp³-hybridized carbons (Fsp3) is 0.294. The van der Waals surface area contributed by atoms with Crippen molar-refractivity contribution in [3.63, 3.8) is 0 Å². The average molecular weight is 293 g/mol. The van der Waals surface area contributed by atoms with Crippen LogP contribution in [0.15, 0.2) is 48.5 Å². The first-order valence-electron chi connectivity index (χ1n) is 6.92. The number of halogens is 2. The van der Waals surface area contributed by atoms with E-state index in [2.05, 4.69) is 13.8 Å². The predicted molar refractivity (Wildman–Crippen MR) is 80.8 cm³/mol. The van der Waals surface area contributed by atoms with Gasteiger partial charge in [-0.25, -0.2) is 8.78 Å². The molecule has 2 nitrogen and oxygen atoms in total. The van der Waals surface area contributed by atoms with Crippen molar-refractivity contribution >= 4 is 0 Å². The molecule has 0 unspecified atom stereocenters. The number of hydrogen-bond donors (Lipinski definition) is 2. The van der Waals surface area contributed by atoms with Crippen LogP contribution < -0.4 is 5.73 Å². The van der Waals surface area contributed by atoms with Gasteiger partial charge < -0.3 is 10.8 Å². The van der Waals surface area contributed by atoms with E-state index in [0.29, 0.717) is 11.1 Å². The zero-order chi connectivity index (χ0) is 15.9. The van der Waals surface area contributed by atoms with Gasteiger partial charge in [0.05, 0.1) is 0 Å². The van der Waals surface area contributed by atoms with Crippen LogP contribution in [0.4, 0.5) is 8.78 Å². The molecule has 0 bridgehead atoms. The van der Waals surface area contributed by atoms with E-state index in [1.165, 1.54) is 55.0 Å². The van der Waals surface area contributed by atoms with E-state index >= 15 is 0 Å². The average Bonchev–Trinajstić information content (AvgIpc) is 2.49. The standard InChI is InChI=1S/C14H13F2NO.C3H8/c15-12-5-1-10(2-6-12)14(18,9-17)11-3-7-13(16)8-4-11;1-3-2/h1-8,18H,9,17H2;3H2,1-2H3. The summed E-state index contributed by atoms with van der Waals surface area (Å²) in [6, 6.07) is 10.9. The van der Waals surface area contributed by atoms with Crippen LogP contribution in [-0.4, -0.2) is 11.7 Å². The predicted octanol–water partition coefficient (Wildman–Crippen LogP) is 3.58. The van der Waals surface area contributed by atoms with Crippen molar-refractivity contribution in [1.29, 1.82) is 0 Å². The van der Waals surface area contributed by atoms with Crippen LogP contribution in [0.25, 0.3) is 0 Å². The molecule has 3 N–H and O–H groups in total. The smallest absolute Gasteiger partial charge is 0.127 e. The SMILES string of the molecule is CCC.NCC(O)(c1ccc(F)cc1)c1ccc(F)cc1. The highest BCUT2D eigenvalue weighted by atomic mass is 19.1. The Morgan fingerprint density at radius 2 is 1.14 bits per heavy atom. The molecule has 0 saturated carbocycles. The van der Waals surface area contributed by atoms with E-state index in [-0.39, 0.29) is 6.54 Å². The molecular formula is C17H21F2NO. The molecule has 2 aromatic rings. The Labute approximate surface area is 124 Å². The zero-order valence-corrected chi connectivity index (χ0v) is 12.3. The van der Waals surface area contributed by atoms with Crippen LogP contribution >= 0.6 is 0 Å². The van der Waals surface area contributed by atoms with Crippen molar-refractivity contribution in [2.45, 2.75) is 25.9 Å². The minimum atomic E-state index is -1.44. The summed E-state index contributed by atoms with van der Waals surface area (Å²) in [6.07, 6.45) is 1.25. The van der Waals surface area contributed by atoms with Gasteiger partial charge >= 0.3 is 0 Å². The Bertz CT molecular complexity index is 492. The Kier molecular flexibility index (Phi) is 6.46. The van der Waals surface area contributed by atoms with Gasteiger partial charge in [0.15, 0.2) is 0 Å². The highest BCUT2D eigenvalue weighted by Gasteiger charge is 2.29. The molecule has 0 aliphatic rings. The van der Waals surface area contributed by atoms with Crippen molar-refractivity contribution in [3.8, 4) is 0 Å². The van der Waals surface area contributed by atoms with Gasteiger partial charge in [0.2, 0.25) is 0 Å².